The third-order valence-electron chi connectivity index (χ3n) is 10.5. The molecule has 1 aromatic heterocycles. The van der Waals surface area contributed by atoms with Gasteiger partial charge in [0.25, 0.3) is 0 Å². The molecule has 9 aromatic carbocycles. The fourth-order valence-electron chi connectivity index (χ4n) is 7.83. The zero-order chi connectivity index (χ0) is 35.8. The number of benzene rings is 9. The molecule has 0 N–H and O–H groups in total. The molecule has 0 radical (unpaired) electrons. The largest absolute Gasteiger partial charge is 0.455 e. The first-order valence-electron chi connectivity index (χ1n) is 18.4. The van der Waals surface area contributed by atoms with E-state index < -0.39 is 0 Å². The summed E-state index contributed by atoms with van der Waals surface area (Å²) in [4.78, 5) is 2.39. The van der Waals surface area contributed by atoms with Crippen molar-refractivity contribution in [3.63, 3.8) is 0 Å². The molecule has 0 aliphatic heterocycles. The van der Waals surface area contributed by atoms with Crippen LogP contribution in [0.5, 0.6) is 0 Å². The molecule has 0 atom stereocenters. The maximum absolute atomic E-state index is 6.95. The average Bonchev–Trinajstić information content (AvgIpc) is 3.64. The summed E-state index contributed by atoms with van der Waals surface area (Å²) in [6, 6.07) is 75.7. The third-order valence-corrected chi connectivity index (χ3v) is 10.5. The number of hydrogen-bond acceptors (Lipinski definition) is 2. The van der Waals surface area contributed by atoms with Crippen LogP contribution in [-0.2, 0) is 0 Å². The molecule has 0 unspecified atom stereocenters. The molecule has 10 rings (SSSR count). The Morgan fingerprint density at radius 2 is 0.741 bits per heavy atom. The first kappa shape index (κ1) is 31.6. The topological polar surface area (TPSA) is 16.4 Å². The lowest BCUT2D eigenvalue weighted by Gasteiger charge is -2.27. The van der Waals surface area contributed by atoms with Gasteiger partial charge >= 0.3 is 0 Å². The molecule has 0 aliphatic rings. The quantitative estimate of drug-likeness (QED) is 0.166. The smallest absolute Gasteiger partial charge is 0.143 e. The lowest BCUT2D eigenvalue weighted by molar-refractivity contribution is 0.673. The van der Waals surface area contributed by atoms with Gasteiger partial charge in [-0.25, -0.2) is 0 Å². The van der Waals surface area contributed by atoms with Crippen LogP contribution in [-0.4, -0.2) is 0 Å². The van der Waals surface area contributed by atoms with Gasteiger partial charge in [-0.2, -0.15) is 0 Å². The minimum Gasteiger partial charge on any atom is -0.455 e. The van der Waals surface area contributed by atoms with Gasteiger partial charge in [-0.15, -0.1) is 0 Å². The number of fused-ring (bicyclic) bond motifs is 5. The highest BCUT2D eigenvalue weighted by atomic mass is 16.3. The molecule has 1 heterocycles. The van der Waals surface area contributed by atoms with Crippen LogP contribution in [0.3, 0.4) is 0 Å². The highest BCUT2D eigenvalue weighted by molar-refractivity contribution is 6.23. The standard InChI is InChI=1S/C52H35NO/c1-5-15-36(16-6-1)39-25-29-43(30-26-39)53(44-31-27-40(28-32-44)37-17-7-2-8-18-37)49-35-48-51-47(41-21-11-4-12-22-41)33-42(38-19-9-3-10-20-38)34-50(51)54-52(48)46-24-14-13-23-45(46)49/h1-35H. The van der Waals surface area contributed by atoms with Crippen LogP contribution in [0.1, 0.15) is 0 Å². The molecule has 0 bridgehead atoms. The molecule has 54 heavy (non-hydrogen) atoms. The van der Waals surface area contributed by atoms with Crippen molar-refractivity contribution in [3.8, 4) is 44.5 Å². The molecular formula is C52H35NO. The summed E-state index contributed by atoms with van der Waals surface area (Å²) in [5.41, 5.74) is 14.4. The van der Waals surface area contributed by atoms with Crippen LogP contribution < -0.4 is 4.90 Å². The van der Waals surface area contributed by atoms with E-state index >= 15 is 0 Å². The summed E-state index contributed by atoms with van der Waals surface area (Å²) in [5.74, 6) is 0. The number of anilines is 3. The number of nitrogens with zero attached hydrogens (tertiary/aromatic N) is 1. The van der Waals surface area contributed by atoms with Crippen LogP contribution in [0.4, 0.5) is 17.1 Å². The Balaban J connectivity index is 1.23. The second-order valence-corrected chi connectivity index (χ2v) is 13.7. The summed E-state index contributed by atoms with van der Waals surface area (Å²) in [6.07, 6.45) is 0. The van der Waals surface area contributed by atoms with Gasteiger partial charge in [-0.1, -0.05) is 170 Å². The Kier molecular flexibility index (Phi) is 7.85. The van der Waals surface area contributed by atoms with Crippen molar-refractivity contribution in [2.45, 2.75) is 0 Å². The molecular weight excluding hydrogens is 655 g/mol. The summed E-state index contributed by atoms with van der Waals surface area (Å²) in [6.45, 7) is 0. The monoisotopic (exact) mass is 689 g/mol. The molecule has 0 aliphatic carbocycles. The lowest BCUT2D eigenvalue weighted by Crippen LogP contribution is -2.10. The van der Waals surface area contributed by atoms with Crippen molar-refractivity contribution < 1.29 is 4.42 Å². The maximum Gasteiger partial charge on any atom is 0.143 e. The van der Waals surface area contributed by atoms with Gasteiger partial charge < -0.3 is 9.32 Å². The molecule has 0 fully saturated rings. The highest BCUT2D eigenvalue weighted by Gasteiger charge is 2.22. The van der Waals surface area contributed by atoms with Gasteiger partial charge in [0.1, 0.15) is 11.2 Å². The van der Waals surface area contributed by atoms with Crippen LogP contribution in [0.2, 0.25) is 0 Å². The van der Waals surface area contributed by atoms with Crippen molar-refractivity contribution in [2.24, 2.45) is 0 Å². The zero-order valence-electron chi connectivity index (χ0n) is 29.6. The molecule has 2 nitrogen and oxygen atoms in total. The van der Waals surface area contributed by atoms with E-state index in [-0.39, 0.29) is 0 Å². The fourth-order valence-corrected chi connectivity index (χ4v) is 7.83. The Bertz CT molecular complexity index is 2800. The van der Waals surface area contributed by atoms with Gasteiger partial charge in [0.15, 0.2) is 0 Å². The molecule has 0 amide bonds. The normalized spacial score (nSPS) is 11.3. The molecule has 0 saturated carbocycles. The zero-order valence-corrected chi connectivity index (χ0v) is 29.6. The lowest BCUT2D eigenvalue weighted by atomic mass is 9.93. The van der Waals surface area contributed by atoms with Gasteiger partial charge in [-0.05, 0) is 87.0 Å². The Morgan fingerprint density at radius 1 is 0.315 bits per heavy atom. The van der Waals surface area contributed by atoms with E-state index in [4.69, 9.17) is 4.42 Å². The maximum atomic E-state index is 6.95. The van der Waals surface area contributed by atoms with E-state index in [0.717, 1.165) is 72.0 Å². The van der Waals surface area contributed by atoms with Crippen LogP contribution in [0.25, 0.3) is 77.2 Å². The van der Waals surface area contributed by atoms with Crippen molar-refractivity contribution in [2.75, 3.05) is 4.90 Å². The van der Waals surface area contributed by atoms with Crippen molar-refractivity contribution in [1.29, 1.82) is 0 Å². The summed E-state index contributed by atoms with van der Waals surface area (Å²) in [7, 11) is 0. The Labute approximate surface area is 314 Å². The SMILES string of the molecule is c1ccc(-c2ccc(N(c3ccc(-c4ccccc4)cc3)c3cc4c(oc5cc(-c6ccccc6)cc(-c6ccccc6)c54)c4ccccc34)cc2)cc1. The third kappa shape index (κ3) is 5.62. The fraction of sp³-hybridized carbons (Fsp3) is 0. The number of rotatable bonds is 7. The predicted octanol–water partition coefficient (Wildman–Crippen LogP) is 14.9. The minimum absolute atomic E-state index is 0.874. The molecule has 0 saturated heterocycles. The van der Waals surface area contributed by atoms with E-state index in [1.807, 2.05) is 0 Å². The Morgan fingerprint density at radius 3 is 1.26 bits per heavy atom. The van der Waals surface area contributed by atoms with Crippen LogP contribution >= 0.6 is 0 Å². The predicted molar refractivity (Wildman–Crippen MR) is 228 cm³/mol. The molecule has 254 valence electrons. The van der Waals surface area contributed by atoms with Crippen LogP contribution in [0.15, 0.2) is 217 Å². The first-order valence-corrected chi connectivity index (χ1v) is 18.4. The highest BCUT2D eigenvalue weighted by Crippen LogP contribution is 2.47. The van der Waals surface area contributed by atoms with Crippen LogP contribution in [0, 0.1) is 0 Å². The van der Waals surface area contributed by atoms with E-state index in [1.165, 1.54) is 22.3 Å². The van der Waals surface area contributed by atoms with Crippen molar-refractivity contribution in [1.82, 2.24) is 0 Å². The summed E-state index contributed by atoms with van der Waals surface area (Å²) < 4.78 is 6.95. The average molecular weight is 690 g/mol. The number of hydrogen-bond donors (Lipinski definition) is 0. The second kappa shape index (κ2) is 13.4. The van der Waals surface area contributed by atoms with Crippen molar-refractivity contribution in [3.05, 3.63) is 212 Å². The minimum atomic E-state index is 0.874. The van der Waals surface area contributed by atoms with E-state index in [9.17, 15) is 0 Å². The Hall–Kier alpha value is -7.16. The second-order valence-electron chi connectivity index (χ2n) is 13.7. The summed E-state index contributed by atoms with van der Waals surface area (Å²) >= 11 is 0. The van der Waals surface area contributed by atoms with Crippen molar-refractivity contribution >= 4 is 49.8 Å². The number of furan rings is 1. The molecule has 2 heteroatoms. The van der Waals surface area contributed by atoms with E-state index in [2.05, 4.69) is 217 Å². The molecule has 0 spiro atoms. The molecule has 10 aromatic rings. The van der Waals surface area contributed by atoms with Gasteiger partial charge in [0.2, 0.25) is 0 Å². The van der Waals surface area contributed by atoms with Gasteiger partial charge in [0, 0.05) is 32.9 Å². The summed E-state index contributed by atoms with van der Waals surface area (Å²) in [5, 5.41) is 4.40. The van der Waals surface area contributed by atoms with Gasteiger partial charge in [-0.3, -0.25) is 0 Å². The van der Waals surface area contributed by atoms with Gasteiger partial charge in [0.05, 0.1) is 5.69 Å². The van der Waals surface area contributed by atoms with E-state index in [0.29, 0.717) is 0 Å². The van der Waals surface area contributed by atoms with E-state index in [1.54, 1.807) is 0 Å². The first-order chi connectivity index (χ1) is 26.8.